The van der Waals surface area contributed by atoms with E-state index in [1.807, 2.05) is 60.5 Å². The van der Waals surface area contributed by atoms with E-state index in [4.69, 9.17) is 4.74 Å². The standard InChI is InChI=1S/C29H34N4O5S/c1-20-16-23(17-21-9-13-31(27(20)21)18-25-7-5-12-32(25)39(2,36)37)28(34)30-14-10-24(11-15-30)33-26-8-4-3-6-22(26)19-38-29(33)35/h3-4,6,8-9,13,16-17,24-25H,5,7,10-12,14-15,18-19H2,1-2H3/t25-/m1/s1. The lowest BCUT2D eigenvalue weighted by molar-refractivity contribution is 0.0708. The van der Waals surface area contributed by atoms with Crippen LogP contribution in [-0.4, -0.2) is 72.2 Å². The van der Waals surface area contributed by atoms with Gasteiger partial charge in [0.15, 0.2) is 0 Å². The zero-order valence-corrected chi connectivity index (χ0v) is 23.2. The van der Waals surface area contributed by atoms with Crippen LogP contribution in [0.25, 0.3) is 10.9 Å². The van der Waals surface area contributed by atoms with Crippen molar-refractivity contribution in [2.24, 2.45) is 0 Å². The SMILES string of the molecule is Cc1cc(C(=O)N2CCC(N3C(=O)OCc4ccccc43)CC2)cc2ccn(C[C@H]3CCCN3S(C)(=O)=O)c12. The summed E-state index contributed by atoms with van der Waals surface area (Å²) in [6.45, 7) is 4.60. The molecule has 0 N–H and O–H groups in total. The number of hydrogen-bond donors (Lipinski definition) is 0. The summed E-state index contributed by atoms with van der Waals surface area (Å²) in [6.07, 6.45) is 6.04. The molecule has 0 radical (unpaired) electrons. The number of rotatable bonds is 5. The van der Waals surface area contributed by atoms with Gasteiger partial charge in [-0.25, -0.2) is 13.2 Å². The topological polar surface area (TPSA) is 92.2 Å². The predicted octanol–water partition coefficient (Wildman–Crippen LogP) is 4.14. The number of cyclic esters (lactones) is 1. The molecule has 39 heavy (non-hydrogen) atoms. The average molecular weight is 551 g/mol. The van der Waals surface area contributed by atoms with Crippen LogP contribution in [0, 0.1) is 6.92 Å². The number of carbonyl (C=O) groups is 2. The summed E-state index contributed by atoms with van der Waals surface area (Å²) in [5.74, 6) is -0.00753. The van der Waals surface area contributed by atoms with Gasteiger partial charge >= 0.3 is 6.09 Å². The number of carbonyl (C=O) groups excluding carboxylic acids is 2. The van der Waals surface area contributed by atoms with E-state index in [-0.39, 0.29) is 24.1 Å². The molecule has 3 aliphatic heterocycles. The predicted molar refractivity (Wildman–Crippen MR) is 149 cm³/mol. The Balaban J connectivity index is 1.16. The molecule has 10 heteroatoms. The number of piperidine rings is 1. The maximum Gasteiger partial charge on any atom is 0.414 e. The molecule has 0 spiro atoms. The second-order valence-corrected chi connectivity index (χ2v) is 12.9. The van der Waals surface area contributed by atoms with Crippen LogP contribution in [0.5, 0.6) is 0 Å². The van der Waals surface area contributed by atoms with Crippen molar-refractivity contribution in [3.63, 3.8) is 0 Å². The van der Waals surface area contributed by atoms with Gasteiger partial charge in [0.2, 0.25) is 10.0 Å². The molecule has 206 valence electrons. The molecule has 4 heterocycles. The van der Waals surface area contributed by atoms with Crippen molar-refractivity contribution in [2.45, 2.75) is 57.8 Å². The largest absolute Gasteiger partial charge is 0.444 e. The number of likely N-dealkylation sites (tertiary alicyclic amines) is 1. The van der Waals surface area contributed by atoms with Crippen molar-refractivity contribution >= 4 is 38.6 Å². The minimum atomic E-state index is -3.24. The van der Waals surface area contributed by atoms with Crippen molar-refractivity contribution in [1.29, 1.82) is 0 Å². The molecular formula is C29H34N4O5S. The Morgan fingerprint density at radius 2 is 1.82 bits per heavy atom. The first kappa shape index (κ1) is 25.9. The Hall–Kier alpha value is -3.37. The van der Waals surface area contributed by atoms with E-state index < -0.39 is 10.0 Å². The van der Waals surface area contributed by atoms with Gasteiger partial charge < -0.3 is 14.2 Å². The first-order chi connectivity index (χ1) is 18.7. The number of benzene rings is 2. The summed E-state index contributed by atoms with van der Waals surface area (Å²) in [5.41, 5.74) is 4.59. The molecule has 1 aromatic heterocycles. The average Bonchev–Trinajstić information content (AvgIpc) is 3.56. The molecule has 6 rings (SSSR count). The first-order valence-electron chi connectivity index (χ1n) is 13.6. The lowest BCUT2D eigenvalue weighted by Gasteiger charge is -2.40. The second kappa shape index (κ2) is 9.98. The Bertz CT molecular complexity index is 1540. The van der Waals surface area contributed by atoms with Gasteiger partial charge in [-0.2, -0.15) is 4.31 Å². The van der Waals surface area contributed by atoms with Gasteiger partial charge in [-0.05, 0) is 62.4 Å². The summed E-state index contributed by atoms with van der Waals surface area (Å²) in [7, 11) is -3.24. The maximum atomic E-state index is 13.5. The van der Waals surface area contributed by atoms with E-state index in [1.54, 1.807) is 9.21 Å². The number of para-hydroxylation sites is 1. The summed E-state index contributed by atoms with van der Waals surface area (Å²) >= 11 is 0. The smallest absolute Gasteiger partial charge is 0.414 e. The monoisotopic (exact) mass is 550 g/mol. The molecule has 2 fully saturated rings. The van der Waals surface area contributed by atoms with E-state index in [9.17, 15) is 18.0 Å². The third kappa shape index (κ3) is 4.80. The fourth-order valence-corrected chi connectivity index (χ4v) is 7.71. The van der Waals surface area contributed by atoms with Crippen molar-refractivity contribution in [1.82, 2.24) is 13.8 Å². The minimum absolute atomic E-state index is 0.00753. The molecule has 0 bridgehead atoms. The number of aromatic nitrogens is 1. The van der Waals surface area contributed by atoms with E-state index in [0.29, 0.717) is 51.2 Å². The van der Waals surface area contributed by atoms with Crippen molar-refractivity contribution in [3.8, 4) is 0 Å². The summed E-state index contributed by atoms with van der Waals surface area (Å²) in [6, 6.07) is 13.6. The van der Waals surface area contributed by atoms with E-state index in [2.05, 4.69) is 4.57 Å². The number of sulfonamides is 1. The Kier molecular flexibility index (Phi) is 6.63. The van der Waals surface area contributed by atoms with Crippen LogP contribution in [0.15, 0.2) is 48.7 Å². The fraction of sp³-hybridized carbons (Fsp3) is 0.448. The van der Waals surface area contributed by atoms with Gasteiger partial charge in [0.1, 0.15) is 6.61 Å². The molecule has 0 aliphatic carbocycles. The van der Waals surface area contributed by atoms with E-state index in [0.717, 1.165) is 40.6 Å². The number of ether oxygens (including phenoxy) is 1. The number of nitrogens with zero attached hydrogens (tertiary/aromatic N) is 4. The summed E-state index contributed by atoms with van der Waals surface area (Å²) in [4.78, 5) is 29.8. The third-order valence-corrected chi connectivity index (χ3v) is 9.70. The number of aryl methyl sites for hydroxylation is 1. The molecule has 2 amide bonds. The van der Waals surface area contributed by atoms with Gasteiger partial charge in [0.25, 0.3) is 5.91 Å². The van der Waals surface area contributed by atoms with Gasteiger partial charge in [-0.1, -0.05) is 18.2 Å². The van der Waals surface area contributed by atoms with Gasteiger partial charge in [0, 0.05) is 61.0 Å². The van der Waals surface area contributed by atoms with Crippen molar-refractivity contribution < 1.29 is 22.7 Å². The lowest BCUT2D eigenvalue weighted by atomic mass is 9.99. The number of hydrogen-bond acceptors (Lipinski definition) is 5. The fourth-order valence-electron chi connectivity index (χ4n) is 6.53. The molecular weight excluding hydrogens is 516 g/mol. The van der Waals surface area contributed by atoms with Crippen molar-refractivity contribution in [3.05, 3.63) is 65.4 Å². The lowest BCUT2D eigenvalue weighted by Crippen LogP contribution is -2.50. The Morgan fingerprint density at radius 3 is 2.59 bits per heavy atom. The van der Waals surface area contributed by atoms with Crippen LogP contribution in [0.2, 0.25) is 0 Å². The zero-order valence-electron chi connectivity index (χ0n) is 22.4. The highest BCUT2D eigenvalue weighted by atomic mass is 32.2. The molecule has 2 aromatic carbocycles. The Morgan fingerprint density at radius 1 is 1.05 bits per heavy atom. The highest BCUT2D eigenvalue weighted by Crippen LogP contribution is 2.33. The van der Waals surface area contributed by atoms with Gasteiger partial charge in [-0.3, -0.25) is 9.69 Å². The number of anilines is 1. The minimum Gasteiger partial charge on any atom is -0.444 e. The highest BCUT2D eigenvalue weighted by Gasteiger charge is 2.35. The Labute approximate surface area is 229 Å². The highest BCUT2D eigenvalue weighted by molar-refractivity contribution is 7.88. The van der Waals surface area contributed by atoms with Crippen LogP contribution < -0.4 is 4.90 Å². The van der Waals surface area contributed by atoms with Crippen LogP contribution in [0.4, 0.5) is 10.5 Å². The summed E-state index contributed by atoms with van der Waals surface area (Å²) < 4.78 is 33.5. The van der Waals surface area contributed by atoms with Crippen molar-refractivity contribution in [2.75, 3.05) is 30.8 Å². The molecule has 9 nitrogen and oxygen atoms in total. The quantitative estimate of drug-likeness (QED) is 0.476. The van der Waals surface area contributed by atoms with Crippen LogP contribution in [0.1, 0.15) is 47.2 Å². The van der Waals surface area contributed by atoms with Crippen LogP contribution >= 0.6 is 0 Å². The zero-order chi connectivity index (χ0) is 27.3. The second-order valence-electron chi connectivity index (χ2n) is 10.9. The summed E-state index contributed by atoms with van der Waals surface area (Å²) in [5, 5.41) is 0.977. The van der Waals surface area contributed by atoms with E-state index >= 15 is 0 Å². The molecule has 1 atom stereocenters. The third-order valence-electron chi connectivity index (χ3n) is 8.37. The number of fused-ring (bicyclic) bond motifs is 2. The van der Waals surface area contributed by atoms with Crippen LogP contribution in [-0.2, 0) is 27.9 Å². The van der Waals surface area contributed by atoms with Gasteiger partial charge in [-0.15, -0.1) is 0 Å². The van der Waals surface area contributed by atoms with Gasteiger partial charge in [0.05, 0.1) is 17.5 Å². The normalized spacial score (nSPS) is 20.9. The molecule has 0 unspecified atom stereocenters. The van der Waals surface area contributed by atoms with E-state index in [1.165, 1.54) is 6.26 Å². The molecule has 2 saturated heterocycles. The first-order valence-corrected chi connectivity index (χ1v) is 15.4. The van der Waals surface area contributed by atoms with Crippen LogP contribution in [0.3, 0.4) is 0 Å². The molecule has 3 aromatic rings. The molecule has 0 saturated carbocycles. The maximum absolute atomic E-state index is 13.5. The number of amides is 2. The molecule has 3 aliphatic rings.